The molecule has 6 heteroatoms. The van der Waals surface area contributed by atoms with Crippen molar-refractivity contribution in [1.29, 1.82) is 0 Å². The Hall–Kier alpha value is 0.540. The molecule has 26 heavy (non-hydrogen) atoms. The van der Waals surface area contributed by atoms with Crippen LogP contribution in [0.15, 0.2) is 0 Å². The summed E-state index contributed by atoms with van der Waals surface area (Å²) in [5.74, 6) is 0. The minimum absolute atomic E-state index is 0.279. The van der Waals surface area contributed by atoms with Gasteiger partial charge in [0.05, 0.1) is 29.7 Å². The number of rotatable bonds is 7. The molecular formula is C20H39O4P2+. The molecule has 3 saturated carbocycles. The first kappa shape index (κ1) is 21.3. The summed E-state index contributed by atoms with van der Waals surface area (Å²) < 4.78 is 16.4. The van der Waals surface area contributed by atoms with Gasteiger partial charge in [-0.25, -0.2) is 4.57 Å². The van der Waals surface area contributed by atoms with E-state index in [9.17, 15) is 14.4 Å². The smallest absolute Gasteiger partial charge is 0.303 e. The molecule has 0 aliphatic heterocycles. The second-order valence-corrected chi connectivity index (χ2v) is 14.8. The molecule has 0 aromatic rings. The Labute approximate surface area is 160 Å². The van der Waals surface area contributed by atoms with E-state index in [4.69, 9.17) is 4.52 Å². The molecular weight excluding hydrogens is 366 g/mol. The summed E-state index contributed by atoms with van der Waals surface area (Å²) in [6.07, 6.45) is 21.5. The molecule has 152 valence electrons. The molecule has 3 fully saturated rings. The Morgan fingerprint density at radius 1 is 0.692 bits per heavy atom. The highest BCUT2D eigenvalue weighted by molar-refractivity contribution is 7.78. The van der Waals surface area contributed by atoms with Gasteiger partial charge in [0.15, 0.2) is 0 Å². The first-order valence-electron chi connectivity index (χ1n) is 11.1. The third-order valence-electron chi connectivity index (χ3n) is 7.50. The van der Waals surface area contributed by atoms with Crippen LogP contribution >= 0.6 is 15.1 Å². The zero-order chi connectivity index (χ0) is 18.5. The lowest BCUT2D eigenvalue weighted by molar-refractivity contribution is 0.207. The van der Waals surface area contributed by atoms with Gasteiger partial charge >= 0.3 is 7.82 Å². The van der Waals surface area contributed by atoms with Crippen LogP contribution in [-0.4, -0.2) is 39.5 Å². The van der Waals surface area contributed by atoms with Crippen molar-refractivity contribution in [2.75, 3.05) is 12.8 Å². The largest absolute Gasteiger partial charge is 0.469 e. The van der Waals surface area contributed by atoms with Crippen LogP contribution in [0.5, 0.6) is 0 Å². The van der Waals surface area contributed by atoms with E-state index in [-0.39, 0.29) is 6.61 Å². The van der Waals surface area contributed by atoms with Gasteiger partial charge < -0.3 is 9.79 Å². The molecule has 0 saturated heterocycles. The summed E-state index contributed by atoms with van der Waals surface area (Å²) in [6, 6.07) is 0. The Balaban J connectivity index is 1.86. The van der Waals surface area contributed by atoms with Gasteiger partial charge in [0.2, 0.25) is 0 Å². The summed E-state index contributed by atoms with van der Waals surface area (Å²) in [7, 11) is -5.63. The fourth-order valence-corrected chi connectivity index (χ4v) is 14.2. The molecule has 0 bridgehead atoms. The summed E-state index contributed by atoms with van der Waals surface area (Å²) >= 11 is 0. The van der Waals surface area contributed by atoms with Crippen molar-refractivity contribution in [3.8, 4) is 0 Å². The molecule has 0 spiro atoms. The standard InChI is InChI=1S/C20H38O4P2/c21-26(22,23)24-16-17-25(18-10-4-1-5-11-18,19-12-6-2-7-13-19)20-14-8-3-9-15-20/h18-20H,1-17H2,(H-,21,22,23)/p+1. The van der Waals surface area contributed by atoms with Crippen LogP contribution in [0.25, 0.3) is 0 Å². The SMILES string of the molecule is O=P(O)(O)OCC[P+](C1CCCCC1)(C1CCCCC1)C1CCCCC1. The molecule has 0 amide bonds. The van der Waals surface area contributed by atoms with E-state index in [1.807, 2.05) is 0 Å². The number of hydrogen-bond acceptors (Lipinski definition) is 2. The molecule has 0 aromatic carbocycles. The highest BCUT2D eigenvalue weighted by Crippen LogP contribution is 2.77. The summed E-state index contributed by atoms with van der Waals surface area (Å²) in [4.78, 5) is 18.5. The van der Waals surface area contributed by atoms with E-state index < -0.39 is 15.1 Å². The lowest BCUT2D eigenvalue weighted by Gasteiger charge is -2.49. The van der Waals surface area contributed by atoms with Crippen molar-refractivity contribution >= 4 is 15.1 Å². The van der Waals surface area contributed by atoms with Crippen molar-refractivity contribution in [2.24, 2.45) is 0 Å². The van der Waals surface area contributed by atoms with Crippen molar-refractivity contribution in [3.05, 3.63) is 0 Å². The lowest BCUT2D eigenvalue weighted by atomic mass is 9.99. The zero-order valence-corrected chi connectivity index (χ0v) is 18.1. The summed E-state index contributed by atoms with van der Waals surface area (Å²) in [5, 5.41) is 0. The number of hydrogen-bond donors (Lipinski definition) is 2. The lowest BCUT2D eigenvalue weighted by Crippen LogP contribution is -2.38. The van der Waals surface area contributed by atoms with E-state index in [0.717, 1.165) is 23.1 Å². The van der Waals surface area contributed by atoms with Crippen LogP contribution in [0.3, 0.4) is 0 Å². The minimum Gasteiger partial charge on any atom is -0.303 e. The summed E-state index contributed by atoms with van der Waals surface area (Å²) in [6.45, 7) is 0.279. The van der Waals surface area contributed by atoms with E-state index in [2.05, 4.69) is 0 Å². The first-order valence-corrected chi connectivity index (χ1v) is 14.8. The fraction of sp³-hybridized carbons (Fsp3) is 1.00. The van der Waals surface area contributed by atoms with Gasteiger partial charge in [0.1, 0.15) is 0 Å². The molecule has 0 atom stereocenters. The molecule has 2 N–H and O–H groups in total. The average molecular weight is 405 g/mol. The van der Waals surface area contributed by atoms with Crippen LogP contribution in [0, 0.1) is 0 Å². The van der Waals surface area contributed by atoms with Gasteiger partial charge in [0.25, 0.3) is 0 Å². The molecule has 0 heterocycles. The Morgan fingerprint density at radius 3 is 1.35 bits per heavy atom. The third kappa shape index (κ3) is 5.32. The average Bonchev–Trinajstić information content (AvgIpc) is 2.67. The molecule has 4 nitrogen and oxygen atoms in total. The normalized spacial score (nSPS) is 25.5. The fourth-order valence-electron chi connectivity index (χ4n) is 6.45. The minimum atomic E-state index is -4.35. The Kier molecular flexibility index (Phi) is 8.04. The van der Waals surface area contributed by atoms with Gasteiger partial charge in [-0.3, -0.25) is 4.52 Å². The van der Waals surface area contributed by atoms with Crippen LogP contribution in [0.1, 0.15) is 96.3 Å². The van der Waals surface area contributed by atoms with E-state index >= 15 is 0 Å². The predicted molar refractivity (Wildman–Crippen MR) is 110 cm³/mol. The van der Waals surface area contributed by atoms with Crippen molar-refractivity contribution in [3.63, 3.8) is 0 Å². The van der Waals surface area contributed by atoms with E-state index in [1.54, 1.807) is 0 Å². The number of phosphoric acid groups is 1. The molecule has 3 aliphatic carbocycles. The molecule has 0 unspecified atom stereocenters. The molecule has 3 rings (SSSR count). The number of phosphoric ester groups is 1. The van der Waals surface area contributed by atoms with Crippen LogP contribution in [0.4, 0.5) is 0 Å². The van der Waals surface area contributed by atoms with E-state index in [0.29, 0.717) is 0 Å². The topological polar surface area (TPSA) is 66.8 Å². The van der Waals surface area contributed by atoms with Crippen LogP contribution in [-0.2, 0) is 9.09 Å². The molecule has 0 aromatic heterocycles. The zero-order valence-electron chi connectivity index (χ0n) is 16.4. The maximum Gasteiger partial charge on any atom is 0.469 e. The van der Waals surface area contributed by atoms with Gasteiger partial charge in [0, 0.05) is 7.26 Å². The monoisotopic (exact) mass is 405 g/mol. The van der Waals surface area contributed by atoms with Gasteiger partial charge in [-0.05, 0) is 77.0 Å². The Bertz CT molecular complexity index is 415. The maximum absolute atomic E-state index is 11.3. The molecule has 3 aliphatic rings. The van der Waals surface area contributed by atoms with Crippen LogP contribution < -0.4 is 0 Å². The summed E-state index contributed by atoms with van der Waals surface area (Å²) in [5.41, 5.74) is 2.55. The third-order valence-corrected chi connectivity index (χ3v) is 14.6. The van der Waals surface area contributed by atoms with Crippen molar-refractivity contribution < 1.29 is 18.9 Å². The maximum atomic E-state index is 11.3. The first-order chi connectivity index (χ1) is 12.5. The van der Waals surface area contributed by atoms with Crippen molar-refractivity contribution in [2.45, 2.75) is 113 Å². The van der Waals surface area contributed by atoms with Crippen LogP contribution in [0.2, 0.25) is 0 Å². The second kappa shape index (κ2) is 9.84. The second-order valence-electron chi connectivity index (χ2n) is 8.92. The quantitative estimate of drug-likeness (QED) is 0.501. The van der Waals surface area contributed by atoms with Crippen molar-refractivity contribution in [1.82, 2.24) is 0 Å². The van der Waals surface area contributed by atoms with Gasteiger partial charge in [-0.2, -0.15) is 0 Å². The van der Waals surface area contributed by atoms with Gasteiger partial charge in [-0.1, -0.05) is 19.3 Å². The highest BCUT2D eigenvalue weighted by Gasteiger charge is 2.56. The Morgan fingerprint density at radius 2 is 1.04 bits per heavy atom. The van der Waals surface area contributed by atoms with E-state index in [1.165, 1.54) is 96.3 Å². The molecule has 0 radical (unpaired) electrons. The van der Waals surface area contributed by atoms with Gasteiger partial charge in [-0.15, -0.1) is 0 Å². The predicted octanol–water partition coefficient (Wildman–Crippen LogP) is 6.11. The highest BCUT2D eigenvalue weighted by atomic mass is 31.2.